The molecule has 0 unspecified atom stereocenters. The van der Waals surface area contributed by atoms with Crippen molar-refractivity contribution in [3.63, 3.8) is 0 Å². The maximum atomic E-state index is 13.3. The number of rotatable bonds is 8. The zero-order valence-corrected chi connectivity index (χ0v) is 11.4. The van der Waals surface area contributed by atoms with Gasteiger partial charge in [0.2, 0.25) is 5.91 Å². The lowest BCUT2D eigenvalue weighted by Crippen LogP contribution is -2.25. The fraction of sp³-hybridized carbons (Fsp3) is 0.429. The van der Waals surface area contributed by atoms with Gasteiger partial charge in [0.05, 0.1) is 5.69 Å². The highest BCUT2D eigenvalue weighted by Crippen LogP contribution is 2.12. The SMILES string of the molecule is CN(CCCC(=O)O)CCC(=O)Nc1ccccc1F. The quantitative estimate of drug-likeness (QED) is 0.764. The Morgan fingerprint density at radius 1 is 1.25 bits per heavy atom. The summed E-state index contributed by atoms with van der Waals surface area (Å²) in [5.74, 6) is -1.55. The predicted octanol–water partition coefficient (Wildman–Crippen LogP) is 1.95. The van der Waals surface area contributed by atoms with Crippen molar-refractivity contribution in [2.24, 2.45) is 0 Å². The van der Waals surface area contributed by atoms with E-state index >= 15 is 0 Å². The first kappa shape index (κ1) is 16.1. The molecule has 6 heteroatoms. The molecule has 0 aliphatic carbocycles. The highest BCUT2D eigenvalue weighted by Gasteiger charge is 2.08. The third kappa shape index (κ3) is 6.29. The molecule has 20 heavy (non-hydrogen) atoms. The summed E-state index contributed by atoms with van der Waals surface area (Å²) in [6.07, 6.45) is 0.893. The van der Waals surface area contributed by atoms with Crippen LogP contribution < -0.4 is 5.32 Å². The van der Waals surface area contributed by atoms with Crippen molar-refractivity contribution in [1.29, 1.82) is 0 Å². The first-order chi connectivity index (χ1) is 9.49. The molecule has 0 radical (unpaired) electrons. The molecule has 0 spiro atoms. The van der Waals surface area contributed by atoms with E-state index in [-0.39, 0.29) is 24.4 Å². The molecule has 0 saturated heterocycles. The van der Waals surface area contributed by atoms with Crippen molar-refractivity contribution in [3.05, 3.63) is 30.1 Å². The zero-order chi connectivity index (χ0) is 15.0. The number of carbonyl (C=O) groups is 2. The van der Waals surface area contributed by atoms with Crippen molar-refractivity contribution in [1.82, 2.24) is 4.90 Å². The molecule has 0 fully saturated rings. The minimum atomic E-state index is -0.823. The first-order valence-electron chi connectivity index (χ1n) is 6.43. The van der Waals surface area contributed by atoms with E-state index in [4.69, 9.17) is 5.11 Å². The fourth-order valence-corrected chi connectivity index (χ4v) is 1.68. The van der Waals surface area contributed by atoms with E-state index in [0.717, 1.165) is 0 Å². The van der Waals surface area contributed by atoms with Crippen LogP contribution in [0.5, 0.6) is 0 Å². The normalized spacial score (nSPS) is 10.6. The Kier molecular flexibility index (Phi) is 6.66. The Morgan fingerprint density at radius 2 is 1.95 bits per heavy atom. The van der Waals surface area contributed by atoms with Crippen LogP contribution in [0.2, 0.25) is 0 Å². The molecular weight excluding hydrogens is 263 g/mol. The number of nitrogens with zero attached hydrogens (tertiary/aromatic N) is 1. The summed E-state index contributed by atoms with van der Waals surface area (Å²) < 4.78 is 13.3. The lowest BCUT2D eigenvalue weighted by molar-refractivity contribution is -0.137. The molecule has 0 heterocycles. The van der Waals surface area contributed by atoms with E-state index in [1.54, 1.807) is 12.1 Å². The van der Waals surface area contributed by atoms with Gasteiger partial charge in [-0.15, -0.1) is 0 Å². The lowest BCUT2D eigenvalue weighted by atomic mass is 10.2. The smallest absolute Gasteiger partial charge is 0.303 e. The summed E-state index contributed by atoms with van der Waals surface area (Å²) in [5.41, 5.74) is 0.172. The van der Waals surface area contributed by atoms with Crippen molar-refractivity contribution in [2.45, 2.75) is 19.3 Å². The average Bonchev–Trinajstić information content (AvgIpc) is 2.39. The first-order valence-corrected chi connectivity index (χ1v) is 6.43. The van der Waals surface area contributed by atoms with Crippen LogP contribution in [0.25, 0.3) is 0 Å². The predicted molar refractivity (Wildman–Crippen MR) is 74.0 cm³/mol. The monoisotopic (exact) mass is 282 g/mol. The van der Waals surface area contributed by atoms with Crippen LogP contribution in [0.3, 0.4) is 0 Å². The summed E-state index contributed by atoms with van der Waals surface area (Å²) in [6, 6.07) is 6.00. The van der Waals surface area contributed by atoms with Crippen LogP contribution >= 0.6 is 0 Å². The topological polar surface area (TPSA) is 69.6 Å². The second kappa shape index (κ2) is 8.27. The van der Waals surface area contributed by atoms with Crippen molar-refractivity contribution in [3.8, 4) is 0 Å². The second-order valence-corrected chi connectivity index (χ2v) is 4.58. The summed E-state index contributed by atoms with van der Waals surface area (Å²) in [5, 5.41) is 11.0. The van der Waals surface area contributed by atoms with Gasteiger partial charge in [0.1, 0.15) is 5.82 Å². The Balaban J connectivity index is 2.26. The summed E-state index contributed by atoms with van der Waals surface area (Å²) in [7, 11) is 1.82. The zero-order valence-electron chi connectivity index (χ0n) is 11.4. The highest BCUT2D eigenvalue weighted by molar-refractivity contribution is 5.90. The molecule has 5 nitrogen and oxygen atoms in total. The summed E-state index contributed by atoms with van der Waals surface area (Å²) in [6.45, 7) is 1.11. The van der Waals surface area contributed by atoms with Crippen LogP contribution in [-0.4, -0.2) is 42.0 Å². The summed E-state index contributed by atoms with van der Waals surface area (Å²) in [4.78, 5) is 23.9. The Labute approximate surface area is 117 Å². The Morgan fingerprint density at radius 3 is 2.60 bits per heavy atom. The van der Waals surface area contributed by atoms with E-state index < -0.39 is 11.8 Å². The number of carboxylic acid groups (broad SMARTS) is 1. The maximum absolute atomic E-state index is 13.3. The molecule has 1 amide bonds. The number of benzene rings is 1. The van der Waals surface area contributed by atoms with E-state index in [2.05, 4.69) is 5.32 Å². The Bertz CT molecular complexity index is 465. The number of nitrogens with one attached hydrogen (secondary N) is 1. The molecule has 0 bridgehead atoms. The number of para-hydroxylation sites is 1. The standard InChI is InChI=1S/C14H19FN2O3/c1-17(9-4-7-14(19)20)10-8-13(18)16-12-6-3-2-5-11(12)15/h2-3,5-6H,4,7-10H2,1H3,(H,16,18)(H,19,20). The van der Waals surface area contributed by atoms with Crippen LogP contribution in [0.1, 0.15) is 19.3 Å². The third-order valence-electron chi connectivity index (χ3n) is 2.80. The van der Waals surface area contributed by atoms with E-state index in [1.165, 1.54) is 12.1 Å². The lowest BCUT2D eigenvalue weighted by Gasteiger charge is -2.15. The second-order valence-electron chi connectivity index (χ2n) is 4.58. The van der Waals surface area contributed by atoms with Crippen LogP contribution in [0, 0.1) is 5.82 Å². The molecule has 0 aliphatic rings. The Hall–Kier alpha value is -1.95. The number of aliphatic carboxylic acids is 1. The minimum absolute atomic E-state index is 0.117. The molecule has 1 rings (SSSR count). The molecule has 1 aromatic carbocycles. The van der Waals surface area contributed by atoms with Gasteiger partial charge in [-0.05, 0) is 32.1 Å². The third-order valence-corrected chi connectivity index (χ3v) is 2.80. The maximum Gasteiger partial charge on any atom is 0.303 e. The molecule has 1 aromatic rings. The molecule has 0 atom stereocenters. The van der Waals surface area contributed by atoms with Gasteiger partial charge in [-0.25, -0.2) is 4.39 Å². The summed E-state index contributed by atoms with van der Waals surface area (Å²) >= 11 is 0. The van der Waals surface area contributed by atoms with Crippen molar-refractivity contribution in [2.75, 3.05) is 25.5 Å². The number of hydrogen-bond donors (Lipinski definition) is 2. The molecule has 0 aliphatic heterocycles. The van der Waals surface area contributed by atoms with Crippen molar-refractivity contribution >= 4 is 17.6 Å². The average molecular weight is 282 g/mol. The number of carbonyl (C=O) groups excluding carboxylic acids is 1. The number of carboxylic acids is 1. The van der Waals surface area contributed by atoms with Gasteiger partial charge >= 0.3 is 5.97 Å². The minimum Gasteiger partial charge on any atom is -0.481 e. The molecular formula is C14H19FN2O3. The number of amides is 1. The van der Waals surface area contributed by atoms with Gasteiger partial charge in [0.25, 0.3) is 0 Å². The van der Waals surface area contributed by atoms with Crippen molar-refractivity contribution < 1.29 is 19.1 Å². The van der Waals surface area contributed by atoms with E-state index in [0.29, 0.717) is 19.5 Å². The number of anilines is 1. The van der Waals surface area contributed by atoms with Gasteiger partial charge in [-0.1, -0.05) is 12.1 Å². The van der Waals surface area contributed by atoms with Gasteiger partial charge < -0.3 is 15.3 Å². The highest BCUT2D eigenvalue weighted by atomic mass is 19.1. The van der Waals surface area contributed by atoms with Crippen LogP contribution in [0.15, 0.2) is 24.3 Å². The van der Waals surface area contributed by atoms with Gasteiger partial charge in [-0.3, -0.25) is 9.59 Å². The van der Waals surface area contributed by atoms with Gasteiger partial charge in [0, 0.05) is 19.4 Å². The fourth-order valence-electron chi connectivity index (χ4n) is 1.68. The van der Waals surface area contributed by atoms with Crippen LogP contribution in [-0.2, 0) is 9.59 Å². The largest absolute Gasteiger partial charge is 0.481 e. The molecule has 110 valence electrons. The van der Waals surface area contributed by atoms with E-state index in [1.807, 2.05) is 11.9 Å². The molecule has 0 saturated carbocycles. The van der Waals surface area contributed by atoms with Gasteiger partial charge in [-0.2, -0.15) is 0 Å². The molecule has 0 aromatic heterocycles. The van der Waals surface area contributed by atoms with Gasteiger partial charge in [0.15, 0.2) is 0 Å². The number of hydrogen-bond acceptors (Lipinski definition) is 3. The molecule has 2 N–H and O–H groups in total. The number of halogens is 1. The van der Waals surface area contributed by atoms with E-state index in [9.17, 15) is 14.0 Å². The van der Waals surface area contributed by atoms with Crippen LogP contribution in [0.4, 0.5) is 10.1 Å².